The number of nitrogen functional groups attached to an aromatic ring is 1. The van der Waals surface area contributed by atoms with Gasteiger partial charge in [0, 0.05) is 19.4 Å². The molecule has 0 amide bonds. The standard InChI is InChI=1S/C10H14N4O2/c11-1-2-14-8-3-6(15)4-9(16)7(8)5-13-10(14)12/h5-6,12,15H,1-4,11H2/p+1. The molecule has 2 rings (SSSR count). The molecule has 0 radical (unpaired) electrons. The fourth-order valence-electron chi connectivity index (χ4n) is 2.01. The van der Waals surface area contributed by atoms with Crippen LogP contribution < -0.4 is 16.0 Å². The summed E-state index contributed by atoms with van der Waals surface area (Å²) in [6.45, 7) is 0.916. The van der Waals surface area contributed by atoms with Crippen molar-refractivity contribution in [3.63, 3.8) is 0 Å². The molecule has 0 spiro atoms. The Morgan fingerprint density at radius 2 is 2.31 bits per heavy atom. The van der Waals surface area contributed by atoms with Crippen LogP contribution >= 0.6 is 0 Å². The average molecular weight is 223 g/mol. The zero-order chi connectivity index (χ0) is 11.7. The molecule has 0 fully saturated rings. The van der Waals surface area contributed by atoms with Gasteiger partial charge in [0.05, 0.1) is 23.9 Å². The van der Waals surface area contributed by atoms with E-state index in [4.69, 9.17) is 11.5 Å². The molecule has 1 aliphatic rings. The second-order valence-corrected chi connectivity index (χ2v) is 3.90. The summed E-state index contributed by atoms with van der Waals surface area (Å²) in [4.78, 5) is 15.6. The normalized spacial score (nSPS) is 19.6. The third-order valence-electron chi connectivity index (χ3n) is 2.74. The summed E-state index contributed by atoms with van der Waals surface area (Å²) in [5.74, 6) is 0.234. The van der Waals surface area contributed by atoms with Crippen molar-refractivity contribution in [1.29, 1.82) is 0 Å². The minimum atomic E-state index is -0.633. The van der Waals surface area contributed by atoms with Gasteiger partial charge in [-0.25, -0.2) is 4.57 Å². The Kier molecular flexibility index (Phi) is 2.84. The zero-order valence-electron chi connectivity index (χ0n) is 8.89. The molecule has 1 aromatic rings. The van der Waals surface area contributed by atoms with Crippen molar-refractivity contribution in [1.82, 2.24) is 4.98 Å². The van der Waals surface area contributed by atoms with Gasteiger partial charge in [-0.1, -0.05) is 4.98 Å². The van der Waals surface area contributed by atoms with Crippen LogP contribution in [-0.4, -0.2) is 28.5 Å². The van der Waals surface area contributed by atoms with Crippen LogP contribution in [0.2, 0.25) is 0 Å². The van der Waals surface area contributed by atoms with Gasteiger partial charge in [-0.2, -0.15) is 0 Å². The lowest BCUT2D eigenvalue weighted by molar-refractivity contribution is -0.690. The number of carbonyl (C=O) groups excluding carboxylic acids is 1. The van der Waals surface area contributed by atoms with Gasteiger partial charge in [0.2, 0.25) is 0 Å². The summed E-state index contributed by atoms with van der Waals surface area (Å²) >= 11 is 0. The van der Waals surface area contributed by atoms with Crippen LogP contribution in [0.5, 0.6) is 0 Å². The van der Waals surface area contributed by atoms with E-state index in [0.29, 0.717) is 31.0 Å². The highest BCUT2D eigenvalue weighted by Gasteiger charge is 2.30. The number of hydrogen-bond donors (Lipinski definition) is 3. The third kappa shape index (κ3) is 1.77. The number of nitrogens with two attached hydrogens (primary N) is 2. The highest BCUT2D eigenvalue weighted by atomic mass is 16.3. The Bertz CT molecular complexity index is 433. The molecule has 1 unspecified atom stereocenters. The number of hydrogen-bond acceptors (Lipinski definition) is 5. The Morgan fingerprint density at radius 1 is 1.56 bits per heavy atom. The predicted octanol–water partition coefficient (Wildman–Crippen LogP) is -1.60. The van der Waals surface area contributed by atoms with Gasteiger partial charge < -0.3 is 10.8 Å². The van der Waals surface area contributed by atoms with Crippen molar-refractivity contribution in [2.24, 2.45) is 5.73 Å². The lowest BCUT2D eigenvalue weighted by atomic mass is 9.93. The van der Waals surface area contributed by atoms with E-state index in [9.17, 15) is 9.90 Å². The summed E-state index contributed by atoms with van der Waals surface area (Å²) in [6, 6.07) is 0. The SMILES string of the molecule is NCC[n+]1c(N)ncc2c1CC(O)CC2=O. The van der Waals surface area contributed by atoms with Gasteiger partial charge in [0.25, 0.3) is 0 Å². The summed E-state index contributed by atoms with van der Waals surface area (Å²) in [6.07, 6.45) is 1.42. The number of anilines is 1. The van der Waals surface area contributed by atoms with Crippen LogP contribution in [0.15, 0.2) is 6.20 Å². The van der Waals surface area contributed by atoms with E-state index in [1.165, 1.54) is 6.20 Å². The van der Waals surface area contributed by atoms with Crippen molar-refractivity contribution in [3.05, 3.63) is 17.5 Å². The molecular weight excluding hydrogens is 208 g/mol. The maximum absolute atomic E-state index is 11.7. The van der Waals surface area contributed by atoms with Crippen molar-refractivity contribution in [2.75, 3.05) is 12.3 Å². The van der Waals surface area contributed by atoms with Crippen LogP contribution in [-0.2, 0) is 13.0 Å². The average Bonchev–Trinajstić information content (AvgIpc) is 2.22. The first-order valence-corrected chi connectivity index (χ1v) is 5.22. The second-order valence-electron chi connectivity index (χ2n) is 3.90. The van der Waals surface area contributed by atoms with Gasteiger partial charge in [-0.15, -0.1) is 0 Å². The molecule has 6 nitrogen and oxygen atoms in total. The van der Waals surface area contributed by atoms with Crippen LogP contribution in [0.4, 0.5) is 5.95 Å². The molecule has 86 valence electrons. The van der Waals surface area contributed by atoms with E-state index < -0.39 is 6.10 Å². The number of ketones is 1. The number of carbonyl (C=O) groups is 1. The molecule has 1 heterocycles. The molecular formula is C10H15N4O2+. The number of rotatable bonds is 2. The number of nitrogens with zero attached hydrogens (tertiary/aromatic N) is 2. The number of aliphatic hydroxyl groups excluding tert-OH is 1. The minimum absolute atomic E-state index is 0.0907. The van der Waals surface area contributed by atoms with Gasteiger partial charge >= 0.3 is 5.95 Å². The Balaban J connectivity index is 2.53. The van der Waals surface area contributed by atoms with Gasteiger partial charge in [0.1, 0.15) is 6.20 Å². The quantitative estimate of drug-likeness (QED) is 0.523. The fraction of sp³-hybridized carbons (Fsp3) is 0.500. The van der Waals surface area contributed by atoms with Crippen LogP contribution in [0.25, 0.3) is 0 Å². The maximum atomic E-state index is 11.7. The lowest BCUT2D eigenvalue weighted by Gasteiger charge is -2.20. The summed E-state index contributed by atoms with van der Waals surface area (Å²) in [5.41, 5.74) is 12.5. The first-order chi connectivity index (χ1) is 7.63. The van der Waals surface area contributed by atoms with Gasteiger partial charge in [0.15, 0.2) is 5.78 Å². The van der Waals surface area contributed by atoms with E-state index in [1.54, 1.807) is 4.57 Å². The predicted molar refractivity (Wildman–Crippen MR) is 56.6 cm³/mol. The number of fused-ring (bicyclic) bond motifs is 1. The molecule has 0 bridgehead atoms. The zero-order valence-corrected chi connectivity index (χ0v) is 8.89. The van der Waals surface area contributed by atoms with Crippen LogP contribution in [0.1, 0.15) is 22.5 Å². The monoisotopic (exact) mass is 223 g/mol. The summed E-state index contributed by atoms with van der Waals surface area (Å²) < 4.78 is 1.70. The molecule has 0 aliphatic heterocycles. The molecule has 0 saturated carbocycles. The smallest absolute Gasteiger partial charge is 0.389 e. The van der Waals surface area contributed by atoms with Crippen LogP contribution in [0, 0.1) is 0 Å². The molecule has 0 saturated heterocycles. The number of aromatic nitrogens is 2. The molecule has 1 atom stereocenters. The van der Waals surface area contributed by atoms with Crippen molar-refractivity contribution >= 4 is 11.7 Å². The Labute approximate surface area is 92.9 Å². The van der Waals surface area contributed by atoms with Gasteiger partial charge in [-0.05, 0) is 0 Å². The first-order valence-electron chi connectivity index (χ1n) is 5.22. The van der Waals surface area contributed by atoms with E-state index in [1.807, 2.05) is 0 Å². The highest BCUT2D eigenvalue weighted by Crippen LogP contribution is 2.18. The summed E-state index contributed by atoms with van der Waals surface area (Å²) in [7, 11) is 0. The highest BCUT2D eigenvalue weighted by molar-refractivity contribution is 5.97. The lowest BCUT2D eigenvalue weighted by Crippen LogP contribution is -2.48. The first kappa shape index (κ1) is 11.0. The number of aliphatic hydroxyl groups is 1. The molecule has 5 N–H and O–H groups in total. The Hall–Kier alpha value is -1.53. The van der Waals surface area contributed by atoms with E-state index >= 15 is 0 Å². The summed E-state index contributed by atoms with van der Waals surface area (Å²) in [5, 5.41) is 9.58. The Morgan fingerprint density at radius 3 is 3.00 bits per heavy atom. The van der Waals surface area contributed by atoms with E-state index in [2.05, 4.69) is 4.98 Å². The third-order valence-corrected chi connectivity index (χ3v) is 2.74. The van der Waals surface area contributed by atoms with E-state index in [-0.39, 0.29) is 12.2 Å². The molecule has 1 aromatic heterocycles. The van der Waals surface area contributed by atoms with Gasteiger partial charge in [-0.3, -0.25) is 10.5 Å². The molecule has 1 aliphatic carbocycles. The topological polar surface area (TPSA) is 106 Å². The van der Waals surface area contributed by atoms with Crippen molar-refractivity contribution in [3.8, 4) is 0 Å². The van der Waals surface area contributed by atoms with Crippen LogP contribution in [0.3, 0.4) is 0 Å². The fourth-order valence-corrected chi connectivity index (χ4v) is 2.01. The molecule has 0 aromatic carbocycles. The molecule has 6 heteroatoms. The van der Waals surface area contributed by atoms with Crippen molar-refractivity contribution in [2.45, 2.75) is 25.5 Å². The van der Waals surface area contributed by atoms with E-state index in [0.717, 1.165) is 5.69 Å². The number of Topliss-reactive ketones (excluding diaryl/α,β-unsaturated/α-hetero) is 1. The van der Waals surface area contributed by atoms with Crippen molar-refractivity contribution < 1.29 is 14.5 Å². The maximum Gasteiger partial charge on any atom is 0.389 e. The molecule has 16 heavy (non-hydrogen) atoms. The second kappa shape index (κ2) is 4.15. The largest absolute Gasteiger partial charge is 0.392 e. The minimum Gasteiger partial charge on any atom is -0.392 e.